The molecule has 0 unspecified atom stereocenters. The molecule has 0 aromatic heterocycles. The third-order valence-electron chi connectivity index (χ3n) is 2.79. The summed E-state index contributed by atoms with van der Waals surface area (Å²) in [5.74, 6) is -1.37. The van der Waals surface area contributed by atoms with Crippen LogP contribution in [0.15, 0.2) is 12.1 Å². The molecule has 0 radical (unpaired) electrons. The van der Waals surface area contributed by atoms with Crippen molar-refractivity contribution in [2.75, 3.05) is 0 Å². The van der Waals surface area contributed by atoms with E-state index in [2.05, 4.69) is 0 Å². The second kappa shape index (κ2) is 6.93. The van der Waals surface area contributed by atoms with Gasteiger partial charge in [0.25, 0.3) is 0 Å². The third kappa shape index (κ3) is 4.22. The van der Waals surface area contributed by atoms with Crippen LogP contribution in [0.25, 0.3) is 0 Å². The first-order valence-corrected chi connectivity index (χ1v) is 5.93. The minimum atomic E-state index is -4.66. The smallest absolute Gasteiger partial charge is 0.391 e. The molecule has 8 heteroatoms. The van der Waals surface area contributed by atoms with E-state index in [9.17, 15) is 22.7 Å². The topological polar surface area (TPSA) is 46.2 Å². The van der Waals surface area contributed by atoms with Crippen molar-refractivity contribution < 1.29 is 22.7 Å². The van der Waals surface area contributed by atoms with Gasteiger partial charge in [-0.3, -0.25) is 0 Å². The van der Waals surface area contributed by atoms with Crippen molar-refractivity contribution >= 4 is 24.0 Å². The normalized spacial score (nSPS) is 14.9. The molecule has 0 saturated carbocycles. The van der Waals surface area contributed by atoms with E-state index in [0.717, 1.165) is 0 Å². The van der Waals surface area contributed by atoms with Gasteiger partial charge in [0.1, 0.15) is 5.82 Å². The van der Waals surface area contributed by atoms with Gasteiger partial charge in [-0.05, 0) is 18.1 Å². The maximum Gasteiger partial charge on any atom is 0.416 e. The molecule has 2 nitrogen and oxygen atoms in total. The molecule has 0 amide bonds. The Morgan fingerprint density at radius 2 is 1.75 bits per heavy atom. The summed E-state index contributed by atoms with van der Waals surface area (Å²) in [5, 5.41) is 9.07. The van der Waals surface area contributed by atoms with Crippen molar-refractivity contribution in [2.24, 2.45) is 11.7 Å². The number of rotatable bonds is 3. The lowest BCUT2D eigenvalue weighted by Crippen LogP contribution is -2.31. The second-order valence-electron chi connectivity index (χ2n) is 4.62. The molecule has 0 spiro atoms. The largest absolute Gasteiger partial charge is 0.416 e. The van der Waals surface area contributed by atoms with Crippen LogP contribution in [-0.4, -0.2) is 11.2 Å². The first kappa shape index (κ1) is 19.4. The summed E-state index contributed by atoms with van der Waals surface area (Å²) >= 11 is 5.44. The third-order valence-corrected chi connectivity index (χ3v) is 3.07. The van der Waals surface area contributed by atoms with E-state index in [1.165, 1.54) is 0 Å². The molecule has 1 aromatic rings. The molecule has 1 rings (SSSR count). The molecule has 0 aliphatic rings. The molecule has 2 atom stereocenters. The average Bonchev–Trinajstić information content (AvgIpc) is 2.29. The van der Waals surface area contributed by atoms with E-state index in [-0.39, 0.29) is 18.3 Å². The number of aliphatic hydroxyl groups excluding tert-OH is 1. The predicted octanol–water partition coefficient (Wildman–Crippen LogP) is 3.94. The molecule has 1 aromatic carbocycles. The molecule has 116 valence electrons. The van der Waals surface area contributed by atoms with E-state index in [1.807, 2.05) is 0 Å². The van der Waals surface area contributed by atoms with Crippen LogP contribution >= 0.6 is 24.0 Å². The number of halogens is 6. The molecule has 0 heterocycles. The second-order valence-corrected chi connectivity index (χ2v) is 5.03. The Morgan fingerprint density at radius 1 is 1.25 bits per heavy atom. The monoisotopic (exact) mass is 335 g/mol. The van der Waals surface area contributed by atoms with Gasteiger partial charge in [0, 0.05) is 5.56 Å². The lowest BCUT2D eigenvalue weighted by Gasteiger charge is -2.24. The highest BCUT2D eigenvalue weighted by Crippen LogP contribution is 2.35. The Labute approximate surface area is 125 Å². The fourth-order valence-electron chi connectivity index (χ4n) is 1.62. The van der Waals surface area contributed by atoms with Crippen molar-refractivity contribution in [3.05, 3.63) is 34.1 Å². The van der Waals surface area contributed by atoms with Crippen LogP contribution < -0.4 is 5.73 Å². The number of alkyl halides is 3. The quantitative estimate of drug-likeness (QED) is 0.822. The summed E-state index contributed by atoms with van der Waals surface area (Å²) in [6, 6.07) is -0.202. The van der Waals surface area contributed by atoms with Crippen LogP contribution in [0.2, 0.25) is 5.02 Å². The van der Waals surface area contributed by atoms with Gasteiger partial charge < -0.3 is 10.8 Å². The van der Waals surface area contributed by atoms with Crippen LogP contribution in [0.1, 0.15) is 31.0 Å². The van der Waals surface area contributed by atoms with E-state index in [4.69, 9.17) is 17.3 Å². The summed E-state index contributed by atoms with van der Waals surface area (Å²) < 4.78 is 51.6. The van der Waals surface area contributed by atoms with Crippen molar-refractivity contribution in [1.29, 1.82) is 0 Å². The van der Waals surface area contributed by atoms with Crippen LogP contribution in [0.3, 0.4) is 0 Å². The summed E-state index contributed by atoms with van der Waals surface area (Å²) in [7, 11) is 0. The molecule has 3 N–H and O–H groups in total. The lowest BCUT2D eigenvalue weighted by molar-refractivity contribution is -0.137. The van der Waals surface area contributed by atoms with Crippen molar-refractivity contribution in [1.82, 2.24) is 0 Å². The molecular formula is C12H15Cl2F4NO. The van der Waals surface area contributed by atoms with Gasteiger partial charge in [-0.15, -0.1) is 12.4 Å². The van der Waals surface area contributed by atoms with Gasteiger partial charge in [-0.1, -0.05) is 25.4 Å². The van der Waals surface area contributed by atoms with Crippen molar-refractivity contribution in [2.45, 2.75) is 32.2 Å². The van der Waals surface area contributed by atoms with Crippen LogP contribution in [0, 0.1) is 11.7 Å². The summed E-state index contributed by atoms with van der Waals surface area (Å²) in [4.78, 5) is 0. The van der Waals surface area contributed by atoms with Crippen molar-refractivity contribution in [3.63, 3.8) is 0 Å². The van der Waals surface area contributed by atoms with Crippen LogP contribution in [0.4, 0.5) is 17.6 Å². The maximum atomic E-state index is 13.8. The minimum Gasteiger partial charge on any atom is -0.391 e. The van der Waals surface area contributed by atoms with Crippen LogP contribution in [-0.2, 0) is 6.18 Å². The zero-order chi connectivity index (χ0) is 15.0. The Balaban J connectivity index is 0.00000361. The van der Waals surface area contributed by atoms with E-state index < -0.39 is 40.3 Å². The average molecular weight is 336 g/mol. The summed E-state index contributed by atoms with van der Waals surface area (Å²) in [6.45, 7) is 3.25. The predicted molar refractivity (Wildman–Crippen MR) is 71.4 cm³/mol. The minimum absolute atomic E-state index is 0. The fourth-order valence-corrected chi connectivity index (χ4v) is 1.84. The molecular weight excluding hydrogens is 321 g/mol. The summed E-state index contributed by atoms with van der Waals surface area (Å²) in [6.07, 6.45) is -5.83. The van der Waals surface area contributed by atoms with Gasteiger partial charge in [-0.25, -0.2) is 4.39 Å². The first-order chi connectivity index (χ1) is 8.55. The lowest BCUT2D eigenvalue weighted by atomic mass is 9.93. The zero-order valence-electron chi connectivity index (χ0n) is 10.7. The Bertz CT molecular complexity index is 466. The fraction of sp³-hybridized carbons (Fsp3) is 0.500. The van der Waals surface area contributed by atoms with E-state index >= 15 is 0 Å². The molecule has 0 fully saturated rings. The van der Waals surface area contributed by atoms with Gasteiger partial charge in [0.15, 0.2) is 0 Å². The number of benzene rings is 1. The number of hydrogen-bond acceptors (Lipinski definition) is 2. The highest BCUT2D eigenvalue weighted by Gasteiger charge is 2.34. The zero-order valence-corrected chi connectivity index (χ0v) is 12.3. The SMILES string of the molecule is CC(C)[C@H](O)[C@H](N)c1cc(C(F)(F)F)cc(Cl)c1F.Cl. The van der Waals surface area contributed by atoms with Gasteiger partial charge >= 0.3 is 6.18 Å². The van der Waals surface area contributed by atoms with Crippen molar-refractivity contribution in [3.8, 4) is 0 Å². The Hall–Kier alpha value is -0.560. The van der Waals surface area contributed by atoms with Gasteiger partial charge in [-0.2, -0.15) is 13.2 Å². The molecule has 0 saturated heterocycles. The number of nitrogens with two attached hydrogens (primary N) is 1. The standard InChI is InChI=1S/C12H14ClF4NO.ClH/c1-5(2)11(19)10(18)7-3-6(12(15,16)17)4-8(13)9(7)14;/h3-5,10-11,19H,18H2,1-2H3;1H/t10-,11+;/m1./s1. The number of aliphatic hydroxyl groups is 1. The van der Waals surface area contributed by atoms with Gasteiger partial charge in [0.05, 0.1) is 22.7 Å². The first-order valence-electron chi connectivity index (χ1n) is 5.55. The number of hydrogen-bond donors (Lipinski definition) is 2. The Kier molecular flexibility index (Phi) is 6.74. The maximum absolute atomic E-state index is 13.8. The Morgan fingerprint density at radius 3 is 2.15 bits per heavy atom. The van der Waals surface area contributed by atoms with E-state index in [0.29, 0.717) is 12.1 Å². The molecule has 0 aliphatic heterocycles. The van der Waals surface area contributed by atoms with Gasteiger partial charge in [0.2, 0.25) is 0 Å². The molecule has 0 aliphatic carbocycles. The van der Waals surface area contributed by atoms with E-state index in [1.54, 1.807) is 13.8 Å². The highest BCUT2D eigenvalue weighted by atomic mass is 35.5. The van der Waals surface area contributed by atoms with Crippen LogP contribution in [0.5, 0.6) is 0 Å². The highest BCUT2D eigenvalue weighted by molar-refractivity contribution is 6.30. The molecule has 0 bridgehead atoms. The molecule has 20 heavy (non-hydrogen) atoms. The summed E-state index contributed by atoms with van der Waals surface area (Å²) in [5.41, 5.74) is 4.06.